The molecule has 0 spiro atoms. The second-order valence-corrected chi connectivity index (χ2v) is 7.44. The van der Waals surface area contributed by atoms with Gasteiger partial charge in [-0.05, 0) is 26.2 Å². The maximum absolute atomic E-state index is 12.5. The molecule has 1 N–H and O–H groups in total. The Kier molecular flexibility index (Phi) is 4.76. The van der Waals surface area contributed by atoms with Crippen LogP contribution in [0.3, 0.4) is 0 Å². The van der Waals surface area contributed by atoms with E-state index >= 15 is 0 Å². The van der Waals surface area contributed by atoms with Crippen molar-refractivity contribution in [3.05, 3.63) is 12.0 Å². The van der Waals surface area contributed by atoms with E-state index in [2.05, 4.69) is 9.71 Å². The van der Waals surface area contributed by atoms with Crippen LogP contribution in [0.15, 0.2) is 11.2 Å². The summed E-state index contributed by atoms with van der Waals surface area (Å²) in [6, 6.07) is 0. The molecule has 114 valence electrons. The van der Waals surface area contributed by atoms with Crippen LogP contribution < -0.4 is 4.72 Å². The molecule has 0 radical (unpaired) electrons. The van der Waals surface area contributed by atoms with Gasteiger partial charge in [0.25, 0.3) is 10.0 Å². The summed E-state index contributed by atoms with van der Waals surface area (Å²) in [5.41, 5.74) is -0.497. The molecule has 1 aliphatic carbocycles. The first kappa shape index (κ1) is 15.8. The largest absolute Gasteiger partial charge is 0.334 e. The minimum atomic E-state index is -3.60. The molecule has 1 aromatic rings. The van der Waals surface area contributed by atoms with Crippen LogP contribution in [-0.4, -0.2) is 29.4 Å². The van der Waals surface area contributed by atoms with Crippen molar-refractivity contribution < 1.29 is 8.42 Å². The van der Waals surface area contributed by atoms with Crippen LogP contribution in [0.4, 0.5) is 0 Å². The minimum absolute atomic E-state index is 0.0971. The van der Waals surface area contributed by atoms with E-state index in [-0.39, 0.29) is 5.03 Å². The summed E-state index contributed by atoms with van der Waals surface area (Å²) in [6.07, 6.45) is 6.17. The molecule has 1 heterocycles. The maximum Gasteiger partial charge on any atom is 0.260 e. The first-order valence-corrected chi connectivity index (χ1v) is 9.08. The summed E-state index contributed by atoms with van der Waals surface area (Å²) < 4.78 is 29.6. The summed E-state index contributed by atoms with van der Waals surface area (Å²) >= 11 is 5.99. The number of alkyl halides is 1. The van der Waals surface area contributed by atoms with Gasteiger partial charge in [0, 0.05) is 24.2 Å². The molecule has 1 fully saturated rings. The lowest BCUT2D eigenvalue weighted by Crippen LogP contribution is -2.47. The third kappa shape index (κ3) is 3.18. The highest BCUT2D eigenvalue weighted by atomic mass is 35.5. The van der Waals surface area contributed by atoms with Crippen molar-refractivity contribution in [1.82, 2.24) is 14.3 Å². The summed E-state index contributed by atoms with van der Waals surface area (Å²) in [6.45, 7) is 4.64. The third-order valence-electron chi connectivity index (χ3n) is 3.86. The van der Waals surface area contributed by atoms with Gasteiger partial charge in [-0.1, -0.05) is 19.8 Å². The molecule has 5 nitrogen and oxygen atoms in total. The highest BCUT2D eigenvalue weighted by molar-refractivity contribution is 7.89. The minimum Gasteiger partial charge on any atom is -0.334 e. The number of nitrogens with zero attached hydrogens (tertiary/aromatic N) is 2. The van der Waals surface area contributed by atoms with Crippen LogP contribution in [0.5, 0.6) is 0 Å². The predicted molar refractivity (Wildman–Crippen MR) is 79.5 cm³/mol. The molecule has 0 saturated heterocycles. The molecule has 0 aromatic carbocycles. The number of hydrogen-bond donors (Lipinski definition) is 1. The van der Waals surface area contributed by atoms with Crippen LogP contribution in [0.25, 0.3) is 0 Å². The number of aromatic nitrogens is 2. The van der Waals surface area contributed by atoms with Crippen LogP contribution in [0.1, 0.15) is 44.9 Å². The van der Waals surface area contributed by atoms with E-state index in [1.807, 2.05) is 18.4 Å². The number of imidazole rings is 1. The SMILES string of the molecule is CCCn1cc(S(=O)(=O)NC2(CCl)CCCC2)nc1C. The van der Waals surface area contributed by atoms with E-state index in [0.29, 0.717) is 5.88 Å². The summed E-state index contributed by atoms with van der Waals surface area (Å²) in [5.74, 6) is 1.03. The Bertz CT molecular complexity index is 562. The molecule has 0 aliphatic heterocycles. The lowest BCUT2D eigenvalue weighted by Gasteiger charge is -2.26. The van der Waals surface area contributed by atoms with E-state index < -0.39 is 15.6 Å². The number of nitrogens with one attached hydrogen (secondary N) is 1. The summed E-state index contributed by atoms with van der Waals surface area (Å²) in [4.78, 5) is 4.18. The van der Waals surface area contributed by atoms with Crippen molar-refractivity contribution in [2.45, 2.75) is 63.1 Å². The highest BCUT2D eigenvalue weighted by Crippen LogP contribution is 2.32. The first-order valence-electron chi connectivity index (χ1n) is 7.06. The average molecular weight is 320 g/mol. The molecule has 0 amide bonds. The molecule has 0 bridgehead atoms. The molecular weight excluding hydrogens is 298 g/mol. The zero-order chi connectivity index (χ0) is 14.8. The van der Waals surface area contributed by atoms with Gasteiger partial charge in [-0.3, -0.25) is 0 Å². The molecule has 20 heavy (non-hydrogen) atoms. The predicted octanol–water partition coefficient (Wildman–Crippen LogP) is 2.43. The van der Waals surface area contributed by atoms with Gasteiger partial charge in [0.05, 0.1) is 0 Å². The normalized spacial score (nSPS) is 18.6. The Morgan fingerprint density at radius 1 is 1.45 bits per heavy atom. The fourth-order valence-electron chi connectivity index (χ4n) is 2.73. The molecular formula is C13H22ClN3O2S. The van der Waals surface area contributed by atoms with Gasteiger partial charge in [-0.2, -0.15) is 0 Å². The Labute approximate surface area is 125 Å². The van der Waals surface area contributed by atoms with Crippen LogP contribution in [-0.2, 0) is 16.6 Å². The topological polar surface area (TPSA) is 64.0 Å². The molecule has 2 rings (SSSR count). The van der Waals surface area contributed by atoms with E-state index in [0.717, 1.165) is 44.5 Å². The standard InChI is InChI=1S/C13H22ClN3O2S/c1-3-8-17-9-12(15-11(17)2)20(18,19)16-13(10-14)6-4-5-7-13/h9,16H,3-8,10H2,1-2H3. The smallest absolute Gasteiger partial charge is 0.260 e. The number of halogens is 1. The maximum atomic E-state index is 12.5. The molecule has 1 saturated carbocycles. The summed E-state index contributed by atoms with van der Waals surface area (Å²) in [7, 11) is -3.60. The fraction of sp³-hybridized carbons (Fsp3) is 0.769. The van der Waals surface area contributed by atoms with Crippen LogP contribution >= 0.6 is 11.6 Å². The number of aryl methyl sites for hydroxylation is 2. The van der Waals surface area contributed by atoms with Gasteiger partial charge in [0.15, 0.2) is 5.03 Å². The van der Waals surface area contributed by atoms with Crippen LogP contribution in [0.2, 0.25) is 0 Å². The number of rotatable bonds is 6. The molecule has 0 atom stereocenters. The lowest BCUT2D eigenvalue weighted by atomic mass is 10.0. The van der Waals surface area contributed by atoms with E-state index in [4.69, 9.17) is 11.6 Å². The van der Waals surface area contributed by atoms with Crippen molar-refractivity contribution in [3.8, 4) is 0 Å². The molecule has 1 aliphatic rings. The van der Waals surface area contributed by atoms with Crippen molar-refractivity contribution in [2.24, 2.45) is 0 Å². The first-order chi connectivity index (χ1) is 9.42. The molecule has 0 unspecified atom stereocenters. The number of sulfonamides is 1. The van der Waals surface area contributed by atoms with E-state index in [1.54, 1.807) is 6.20 Å². The van der Waals surface area contributed by atoms with Crippen molar-refractivity contribution >= 4 is 21.6 Å². The summed E-state index contributed by atoms with van der Waals surface area (Å²) in [5, 5.41) is 0.0971. The monoisotopic (exact) mass is 319 g/mol. The Morgan fingerprint density at radius 2 is 2.10 bits per heavy atom. The fourth-order valence-corrected chi connectivity index (χ4v) is 4.61. The Morgan fingerprint density at radius 3 is 2.65 bits per heavy atom. The van der Waals surface area contributed by atoms with Crippen molar-refractivity contribution in [2.75, 3.05) is 5.88 Å². The third-order valence-corrected chi connectivity index (χ3v) is 5.82. The van der Waals surface area contributed by atoms with Gasteiger partial charge >= 0.3 is 0 Å². The van der Waals surface area contributed by atoms with Gasteiger partial charge in [-0.15, -0.1) is 11.6 Å². The number of hydrogen-bond acceptors (Lipinski definition) is 3. The second kappa shape index (κ2) is 6.03. The van der Waals surface area contributed by atoms with Gasteiger partial charge in [0.2, 0.25) is 0 Å². The highest BCUT2D eigenvalue weighted by Gasteiger charge is 2.38. The van der Waals surface area contributed by atoms with Gasteiger partial charge < -0.3 is 4.57 Å². The van der Waals surface area contributed by atoms with Crippen LogP contribution in [0, 0.1) is 6.92 Å². The average Bonchev–Trinajstić information content (AvgIpc) is 2.98. The second-order valence-electron chi connectivity index (χ2n) is 5.55. The van der Waals surface area contributed by atoms with Crippen molar-refractivity contribution in [1.29, 1.82) is 0 Å². The van der Waals surface area contributed by atoms with Gasteiger partial charge in [-0.25, -0.2) is 18.1 Å². The van der Waals surface area contributed by atoms with E-state index in [9.17, 15) is 8.42 Å². The lowest BCUT2D eigenvalue weighted by molar-refractivity contribution is 0.432. The van der Waals surface area contributed by atoms with E-state index in [1.165, 1.54) is 0 Å². The zero-order valence-electron chi connectivity index (χ0n) is 12.0. The Balaban J connectivity index is 2.24. The zero-order valence-corrected chi connectivity index (χ0v) is 13.6. The Hall–Kier alpha value is -0.590. The van der Waals surface area contributed by atoms with Gasteiger partial charge in [0.1, 0.15) is 5.82 Å². The molecule has 7 heteroatoms. The quantitative estimate of drug-likeness (QED) is 0.819. The molecule has 1 aromatic heterocycles. The van der Waals surface area contributed by atoms with Crippen molar-refractivity contribution in [3.63, 3.8) is 0 Å².